The minimum absolute atomic E-state index is 0.0170. The Morgan fingerprint density at radius 2 is 2.32 bits per heavy atom. The fourth-order valence-corrected chi connectivity index (χ4v) is 2.39. The zero-order valence-electron chi connectivity index (χ0n) is 11.3. The van der Waals surface area contributed by atoms with E-state index in [1.54, 1.807) is 13.1 Å². The Bertz CT molecular complexity index is 464. The van der Waals surface area contributed by atoms with Crippen LogP contribution in [0.1, 0.15) is 18.7 Å². The molecule has 0 bridgehead atoms. The molecule has 1 saturated heterocycles. The molecule has 4 N–H and O–H groups in total. The van der Waals surface area contributed by atoms with E-state index in [0.29, 0.717) is 18.2 Å². The van der Waals surface area contributed by atoms with Crippen molar-refractivity contribution in [1.82, 2.24) is 15.3 Å². The molecule has 7 heteroatoms. The molecule has 1 atom stereocenters. The van der Waals surface area contributed by atoms with E-state index in [1.165, 1.54) is 0 Å². The third-order valence-corrected chi connectivity index (χ3v) is 3.33. The predicted octanol–water partition coefficient (Wildman–Crippen LogP) is 0.0330. The van der Waals surface area contributed by atoms with Gasteiger partial charge in [-0.3, -0.25) is 4.79 Å². The normalized spacial score (nSPS) is 19.1. The molecular formula is C12H20N6O. The Morgan fingerprint density at radius 3 is 3.00 bits per heavy atom. The van der Waals surface area contributed by atoms with Crippen molar-refractivity contribution in [3.05, 3.63) is 11.9 Å². The van der Waals surface area contributed by atoms with Gasteiger partial charge in [0.2, 0.25) is 5.91 Å². The number of piperidine rings is 1. The number of hydrazine groups is 1. The molecule has 2 heterocycles. The number of nitrogens with two attached hydrogens (primary N) is 1. The van der Waals surface area contributed by atoms with Crippen LogP contribution in [0.5, 0.6) is 0 Å². The van der Waals surface area contributed by atoms with Gasteiger partial charge in [0.05, 0.1) is 5.92 Å². The third-order valence-electron chi connectivity index (χ3n) is 3.33. The van der Waals surface area contributed by atoms with Crippen molar-refractivity contribution >= 4 is 17.5 Å². The van der Waals surface area contributed by atoms with Crippen molar-refractivity contribution in [2.75, 3.05) is 30.5 Å². The number of nitrogens with one attached hydrogen (secondary N) is 2. The van der Waals surface area contributed by atoms with E-state index in [0.717, 1.165) is 25.2 Å². The van der Waals surface area contributed by atoms with Crippen LogP contribution in [0.3, 0.4) is 0 Å². The summed E-state index contributed by atoms with van der Waals surface area (Å²) in [6.45, 7) is 3.40. The van der Waals surface area contributed by atoms with Gasteiger partial charge in [0, 0.05) is 26.2 Å². The number of nitrogens with zero attached hydrogens (tertiary/aromatic N) is 3. The molecule has 1 fully saturated rings. The molecule has 7 nitrogen and oxygen atoms in total. The van der Waals surface area contributed by atoms with Crippen LogP contribution in [-0.2, 0) is 4.79 Å². The first kappa shape index (κ1) is 13.5. The average molecular weight is 264 g/mol. The molecule has 2 rings (SSSR count). The van der Waals surface area contributed by atoms with Crippen molar-refractivity contribution < 1.29 is 4.79 Å². The van der Waals surface area contributed by atoms with Crippen LogP contribution in [-0.4, -0.2) is 36.0 Å². The highest BCUT2D eigenvalue weighted by atomic mass is 16.1. The van der Waals surface area contributed by atoms with Crippen molar-refractivity contribution in [2.45, 2.75) is 19.8 Å². The van der Waals surface area contributed by atoms with Gasteiger partial charge in [0.25, 0.3) is 0 Å². The summed E-state index contributed by atoms with van der Waals surface area (Å²) in [5.74, 6) is 7.56. The molecule has 0 aliphatic carbocycles. The highest BCUT2D eigenvalue weighted by molar-refractivity contribution is 5.79. The van der Waals surface area contributed by atoms with Crippen molar-refractivity contribution in [3.63, 3.8) is 0 Å². The summed E-state index contributed by atoms with van der Waals surface area (Å²) in [6.07, 6.45) is 1.90. The zero-order chi connectivity index (χ0) is 13.8. The van der Waals surface area contributed by atoms with Crippen molar-refractivity contribution in [3.8, 4) is 0 Å². The molecule has 1 unspecified atom stereocenters. The summed E-state index contributed by atoms with van der Waals surface area (Å²) in [4.78, 5) is 22.4. The molecule has 0 radical (unpaired) electrons. The Hall–Kier alpha value is -1.89. The van der Waals surface area contributed by atoms with Gasteiger partial charge in [-0.1, -0.05) is 0 Å². The lowest BCUT2D eigenvalue weighted by molar-refractivity contribution is -0.124. The molecule has 19 heavy (non-hydrogen) atoms. The lowest BCUT2D eigenvalue weighted by Gasteiger charge is -2.32. The van der Waals surface area contributed by atoms with E-state index in [1.807, 2.05) is 6.92 Å². The minimum Gasteiger partial charge on any atom is -0.359 e. The summed E-state index contributed by atoms with van der Waals surface area (Å²) in [5, 5.41) is 2.71. The van der Waals surface area contributed by atoms with Crippen molar-refractivity contribution in [1.29, 1.82) is 0 Å². The van der Waals surface area contributed by atoms with Gasteiger partial charge in [0.1, 0.15) is 17.5 Å². The molecule has 0 saturated carbocycles. The van der Waals surface area contributed by atoms with E-state index in [2.05, 4.69) is 25.6 Å². The van der Waals surface area contributed by atoms with Gasteiger partial charge in [0.15, 0.2) is 0 Å². The Balaban J connectivity index is 2.17. The summed E-state index contributed by atoms with van der Waals surface area (Å²) in [7, 11) is 1.67. The number of hydrogen-bond donors (Lipinski definition) is 3. The van der Waals surface area contributed by atoms with Gasteiger partial charge in [-0.25, -0.2) is 15.8 Å². The highest BCUT2D eigenvalue weighted by Crippen LogP contribution is 2.23. The van der Waals surface area contributed by atoms with E-state index in [9.17, 15) is 4.79 Å². The molecule has 1 aromatic heterocycles. The zero-order valence-corrected chi connectivity index (χ0v) is 11.3. The number of aromatic nitrogens is 2. The van der Waals surface area contributed by atoms with Crippen LogP contribution in [0.15, 0.2) is 6.07 Å². The quantitative estimate of drug-likeness (QED) is 0.526. The van der Waals surface area contributed by atoms with E-state index >= 15 is 0 Å². The smallest absolute Gasteiger partial charge is 0.224 e. The second kappa shape index (κ2) is 5.83. The molecule has 0 spiro atoms. The number of nitrogen functional groups attached to an aromatic ring is 1. The average Bonchev–Trinajstić information content (AvgIpc) is 2.45. The van der Waals surface area contributed by atoms with Gasteiger partial charge in [-0.15, -0.1) is 0 Å². The Kier molecular flexibility index (Phi) is 4.16. The topological polar surface area (TPSA) is 96.2 Å². The maximum Gasteiger partial charge on any atom is 0.224 e. The maximum absolute atomic E-state index is 11.7. The predicted molar refractivity (Wildman–Crippen MR) is 73.6 cm³/mol. The largest absolute Gasteiger partial charge is 0.359 e. The fourth-order valence-electron chi connectivity index (χ4n) is 2.39. The number of amides is 1. The van der Waals surface area contributed by atoms with E-state index < -0.39 is 0 Å². The molecule has 0 aromatic carbocycles. The van der Waals surface area contributed by atoms with Crippen LogP contribution in [0, 0.1) is 12.8 Å². The Morgan fingerprint density at radius 1 is 1.53 bits per heavy atom. The number of aryl methyl sites for hydroxylation is 1. The SMILES string of the molecule is CNC(=O)C1CCCN(c2cc(NN)nc(C)n2)C1. The van der Waals surface area contributed by atoms with Gasteiger partial charge in [-0.2, -0.15) is 0 Å². The fraction of sp³-hybridized carbons (Fsp3) is 0.583. The van der Waals surface area contributed by atoms with Gasteiger partial charge >= 0.3 is 0 Å². The second-order valence-corrected chi connectivity index (χ2v) is 4.70. The number of carbonyl (C=O) groups excluding carboxylic acids is 1. The van der Waals surface area contributed by atoms with Crippen LogP contribution >= 0.6 is 0 Å². The first-order valence-corrected chi connectivity index (χ1v) is 6.43. The standard InChI is InChI=1S/C12H20N6O/c1-8-15-10(17-13)6-11(16-8)18-5-3-4-9(7-18)12(19)14-2/h6,9H,3-5,7,13H2,1-2H3,(H,14,19)(H,15,16,17). The van der Waals surface area contributed by atoms with Crippen LogP contribution in [0.2, 0.25) is 0 Å². The summed E-state index contributed by atoms with van der Waals surface area (Å²) >= 11 is 0. The van der Waals surface area contributed by atoms with E-state index in [-0.39, 0.29) is 11.8 Å². The number of anilines is 2. The molecule has 104 valence electrons. The number of carbonyl (C=O) groups is 1. The molecule has 1 amide bonds. The third kappa shape index (κ3) is 3.11. The van der Waals surface area contributed by atoms with Gasteiger partial charge < -0.3 is 15.6 Å². The number of rotatable bonds is 3. The first-order valence-electron chi connectivity index (χ1n) is 6.43. The second-order valence-electron chi connectivity index (χ2n) is 4.70. The molecule has 1 aromatic rings. The first-order chi connectivity index (χ1) is 9.13. The minimum atomic E-state index is 0.0170. The van der Waals surface area contributed by atoms with Crippen LogP contribution in [0.4, 0.5) is 11.6 Å². The van der Waals surface area contributed by atoms with Crippen LogP contribution < -0.4 is 21.5 Å². The lowest BCUT2D eigenvalue weighted by atomic mass is 9.97. The van der Waals surface area contributed by atoms with Gasteiger partial charge in [-0.05, 0) is 19.8 Å². The maximum atomic E-state index is 11.7. The highest BCUT2D eigenvalue weighted by Gasteiger charge is 2.26. The summed E-state index contributed by atoms with van der Waals surface area (Å²) in [5.41, 5.74) is 2.54. The van der Waals surface area contributed by atoms with E-state index in [4.69, 9.17) is 5.84 Å². The molecule has 1 aliphatic heterocycles. The summed E-state index contributed by atoms with van der Waals surface area (Å²) in [6, 6.07) is 1.80. The van der Waals surface area contributed by atoms with Crippen LogP contribution in [0.25, 0.3) is 0 Å². The molecular weight excluding hydrogens is 244 g/mol. The molecule has 1 aliphatic rings. The summed E-state index contributed by atoms with van der Waals surface area (Å²) < 4.78 is 0. The monoisotopic (exact) mass is 264 g/mol. The number of hydrogen-bond acceptors (Lipinski definition) is 6. The Labute approximate surface area is 112 Å². The van der Waals surface area contributed by atoms with Crippen molar-refractivity contribution in [2.24, 2.45) is 11.8 Å². The lowest BCUT2D eigenvalue weighted by Crippen LogP contribution is -2.42.